The zero-order valence-electron chi connectivity index (χ0n) is 7.87. The smallest absolute Gasteiger partial charge is 0.325 e. The van der Waals surface area contributed by atoms with Crippen LogP contribution in [0.2, 0.25) is 0 Å². The molecule has 0 radical (unpaired) electrons. The highest BCUT2D eigenvalue weighted by atomic mass is 16.4. The topological polar surface area (TPSA) is 68.0 Å². The third-order valence-corrected chi connectivity index (χ3v) is 1.91. The van der Waals surface area contributed by atoms with E-state index in [2.05, 4.69) is 10.1 Å². The van der Waals surface area contributed by atoms with Gasteiger partial charge in [0.1, 0.15) is 6.54 Å². The lowest BCUT2D eigenvalue weighted by molar-refractivity contribution is -0.137. The van der Waals surface area contributed by atoms with Crippen molar-refractivity contribution in [1.29, 1.82) is 0 Å². The van der Waals surface area contributed by atoms with E-state index >= 15 is 0 Å². The lowest BCUT2D eigenvalue weighted by Crippen LogP contribution is -2.08. The molecule has 0 bridgehead atoms. The molecule has 0 aromatic carbocycles. The Balaban J connectivity index is 2.24. The molecule has 1 N–H and O–H groups in total. The van der Waals surface area contributed by atoms with Crippen LogP contribution in [0.15, 0.2) is 36.8 Å². The van der Waals surface area contributed by atoms with Gasteiger partial charge < -0.3 is 5.11 Å². The molecule has 0 aliphatic carbocycles. The number of aliphatic carboxylic acids is 1. The molecular weight excluding hydrogens is 194 g/mol. The van der Waals surface area contributed by atoms with Crippen LogP contribution in [0.1, 0.15) is 0 Å². The van der Waals surface area contributed by atoms with Crippen molar-refractivity contribution in [1.82, 2.24) is 14.8 Å². The standard InChI is InChI=1S/C10H9N3O2/c14-10(15)7-13-6-3-9(12-13)8-1-4-11-5-2-8/h1-6H,7H2,(H,14,15). The molecule has 15 heavy (non-hydrogen) atoms. The summed E-state index contributed by atoms with van der Waals surface area (Å²) in [5, 5.41) is 12.7. The Morgan fingerprint density at radius 1 is 1.33 bits per heavy atom. The zero-order valence-corrected chi connectivity index (χ0v) is 7.87. The molecule has 0 unspecified atom stereocenters. The fraction of sp³-hybridized carbons (Fsp3) is 0.100. The minimum absolute atomic E-state index is 0.120. The van der Waals surface area contributed by atoms with E-state index in [0.717, 1.165) is 11.3 Å². The maximum absolute atomic E-state index is 10.4. The average Bonchev–Trinajstić information content (AvgIpc) is 2.67. The number of carboxylic acids is 1. The van der Waals surface area contributed by atoms with Crippen LogP contribution in [-0.4, -0.2) is 25.8 Å². The summed E-state index contributed by atoms with van der Waals surface area (Å²) in [5.41, 5.74) is 1.67. The summed E-state index contributed by atoms with van der Waals surface area (Å²) in [6.45, 7) is -0.120. The molecule has 5 nitrogen and oxygen atoms in total. The Hall–Kier alpha value is -2.17. The van der Waals surface area contributed by atoms with Gasteiger partial charge in [-0.15, -0.1) is 0 Å². The molecule has 0 saturated carbocycles. The summed E-state index contributed by atoms with van der Waals surface area (Å²) >= 11 is 0. The molecule has 0 spiro atoms. The first-order valence-corrected chi connectivity index (χ1v) is 4.41. The Morgan fingerprint density at radius 3 is 2.73 bits per heavy atom. The van der Waals surface area contributed by atoms with E-state index in [0.29, 0.717) is 0 Å². The fourth-order valence-electron chi connectivity index (χ4n) is 1.26. The van der Waals surface area contributed by atoms with Gasteiger partial charge in [0, 0.05) is 24.2 Å². The lowest BCUT2D eigenvalue weighted by atomic mass is 10.2. The average molecular weight is 203 g/mol. The molecule has 2 heterocycles. The number of carbonyl (C=O) groups is 1. The molecule has 0 atom stereocenters. The van der Waals surface area contributed by atoms with Gasteiger partial charge in [-0.2, -0.15) is 5.10 Å². The Morgan fingerprint density at radius 2 is 2.07 bits per heavy atom. The second kappa shape index (κ2) is 3.91. The van der Waals surface area contributed by atoms with E-state index < -0.39 is 5.97 Å². The third-order valence-electron chi connectivity index (χ3n) is 1.91. The van der Waals surface area contributed by atoms with E-state index in [1.807, 2.05) is 12.1 Å². The van der Waals surface area contributed by atoms with E-state index in [1.54, 1.807) is 24.7 Å². The predicted octanol–water partition coefficient (Wildman–Crippen LogP) is 1.03. The van der Waals surface area contributed by atoms with Crippen LogP contribution in [0.25, 0.3) is 11.3 Å². The van der Waals surface area contributed by atoms with Crippen LogP contribution in [0, 0.1) is 0 Å². The van der Waals surface area contributed by atoms with E-state index in [9.17, 15) is 4.79 Å². The van der Waals surface area contributed by atoms with E-state index in [-0.39, 0.29) is 6.54 Å². The normalized spacial score (nSPS) is 10.1. The number of pyridine rings is 1. The first kappa shape index (κ1) is 9.39. The number of hydrogen-bond acceptors (Lipinski definition) is 3. The van der Waals surface area contributed by atoms with Crippen LogP contribution in [0.4, 0.5) is 0 Å². The zero-order chi connectivity index (χ0) is 10.7. The molecule has 2 aromatic heterocycles. The monoisotopic (exact) mass is 203 g/mol. The molecule has 0 aliphatic heterocycles. The first-order valence-electron chi connectivity index (χ1n) is 4.41. The SMILES string of the molecule is O=C(O)Cn1ccc(-c2ccncc2)n1. The molecule has 2 aromatic rings. The predicted molar refractivity (Wildman–Crippen MR) is 53.1 cm³/mol. The van der Waals surface area contributed by atoms with Crippen molar-refractivity contribution in [3.63, 3.8) is 0 Å². The van der Waals surface area contributed by atoms with E-state index in [4.69, 9.17) is 5.11 Å². The van der Waals surface area contributed by atoms with Gasteiger partial charge in [0.2, 0.25) is 0 Å². The number of rotatable bonds is 3. The molecule has 0 saturated heterocycles. The summed E-state index contributed by atoms with van der Waals surface area (Å²) in [7, 11) is 0. The maximum Gasteiger partial charge on any atom is 0.325 e. The Kier molecular flexibility index (Phi) is 2.45. The molecule has 76 valence electrons. The summed E-state index contributed by atoms with van der Waals surface area (Å²) < 4.78 is 1.39. The van der Waals surface area contributed by atoms with Crippen LogP contribution in [0.5, 0.6) is 0 Å². The summed E-state index contributed by atoms with van der Waals surface area (Å²) in [4.78, 5) is 14.3. The number of aromatic nitrogens is 3. The van der Waals surface area contributed by atoms with Gasteiger partial charge >= 0.3 is 5.97 Å². The first-order chi connectivity index (χ1) is 7.25. The Bertz CT molecular complexity index is 465. The molecule has 2 rings (SSSR count). The fourth-order valence-corrected chi connectivity index (χ4v) is 1.26. The van der Waals surface area contributed by atoms with Crippen molar-refractivity contribution in [3.8, 4) is 11.3 Å². The third kappa shape index (κ3) is 2.19. The number of carboxylic acid groups (broad SMARTS) is 1. The van der Waals surface area contributed by atoms with Crippen LogP contribution < -0.4 is 0 Å². The lowest BCUT2D eigenvalue weighted by Gasteiger charge is -1.96. The van der Waals surface area contributed by atoms with Crippen molar-refractivity contribution in [2.24, 2.45) is 0 Å². The van der Waals surface area contributed by atoms with E-state index in [1.165, 1.54) is 4.68 Å². The quantitative estimate of drug-likeness (QED) is 0.808. The van der Waals surface area contributed by atoms with Crippen molar-refractivity contribution in [2.45, 2.75) is 6.54 Å². The highest BCUT2D eigenvalue weighted by Gasteiger charge is 2.03. The number of nitrogens with zero attached hydrogens (tertiary/aromatic N) is 3. The van der Waals surface area contributed by atoms with Gasteiger partial charge in [-0.3, -0.25) is 14.5 Å². The van der Waals surface area contributed by atoms with Crippen molar-refractivity contribution < 1.29 is 9.90 Å². The molecule has 0 fully saturated rings. The van der Waals surface area contributed by atoms with Gasteiger partial charge in [-0.25, -0.2) is 0 Å². The maximum atomic E-state index is 10.4. The summed E-state index contributed by atoms with van der Waals surface area (Å²) in [5.74, 6) is -0.903. The van der Waals surface area contributed by atoms with Gasteiger partial charge in [0.05, 0.1) is 5.69 Å². The Labute approximate surface area is 86.0 Å². The van der Waals surface area contributed by atoms with Crippen molar-refractivity contribution in [2.75, 3.05) is 0 Å². The second-order valence-electron chi connectivity index (χ2n) is 3.03. The van der Waals surface area contributed by atoms with Crippen molar-refractivity contribution in [3.05, 3.63) is 36.8 Å². The molecule has 0 aliphatic rings. The van der Waals surface area contributed by atoms with Gasteiger partial charge in [0.25, 0.3) is 0 Å². The van der Waals surface area contributed by atoms with Gasteiger partial charge in [-0.1, -0.05) is 0 Å². The molecule has 0 amide bonds. The number of hydrogen-bond donors (Lipinski definition) is 1. The van der Waals surface area contributed by atoms with Crippen LogP contribution in [0.3, 0.4) is 0 Å². The van der Waals surface area contributed by atoms with Gasteiger partial charge in [0.15, 0.2) is 0 Å². The van der Waals surface area contributed by atoms with Crippen molar-refractivity contribution >= 4 is 5.97 Å². The minimum Gasteiger partial charge on any atom is -0.480 e. The van der Waals surface area contributed by atoms with Crippen LogP contribution in [-0.2, 0) is 11.3 Å². The summed E-state index contributed by atoms with van der Waals surface area (Å²) in [6, 6.07) is 5.43. The largest absolute Gasteiger partial charge is 0.480 e. The minimum atomic E-state index is -0.903. The highest BCUT2D eigenvalue weighted by molar-refractivity contribution is 5.66. The second-order valence-corrected chi connectivity index (χ2v) is 3.03. The van der Waals surface area contributed by atoms with Gasteiger partial charge in [-0.05, 0) is 18.2 Å². The highest BCUT2D eigenvalue weighted by Crippen LogP contribution is 2.14. The van der Waals surface area contributed by atoms with Crippen LogP contribution >= 0.6 is 0 Å². The molecule has 5 heteroatoms. The summed E-state index contributed by atoms with van der Waals surface area (Å²) in [6.07, 6.45) is 4.99. The molecular formula is C10H9N3O2.